The molecule has 1 heteroatoms. The molecule has 0 aliphatic rings. The van der Waals surface area contributed by atoms with E-state index in [1.807, 2.05) is 0 Å². The summed E-state index contributed by atoms with van der Waals surface area (Å²) in [5.41, 5.74) is 4.17. The van der Waals surface area contributed by atoms with Gasteiger partial charge in [0, 0.05) is 5.88 Å². The molecule has 1 aromatic carbocycles. The van der Waals surface area contributed by atoms with Crippen LogP contribution in [0, 0.1) is 13.8 Å². The molecule has 0 heterocycles. The second-order valence-electron chi connectivity index (χ2n) is 3.64. The predicted octanol–water partition coefficient (Wildman–Crippen LogP) is 3.86. The van der Waals surface area contributed by atoms with Gasteiger partial charge in [0.25, 0.3) is 0 Å². The van der Waals surface area contributed by atoms with E-state index in [1.165, 1.54) is 23.1 Å². The highest BCUT2D eigenvalue weighted by Gasteiger charge is 1.95. The Morgan fingerprint density at radius 3 is 2.15 bits per heavy atom. The van der Waals surface area contributed by atoms with Gasteiger partial charge in [0.1, 0.15) is 0 Å². The van der Waals surface area contributed by atoms with Crippen LogP contribution in [-0.4, -0.2) is 5.88 Å². The van der Waals surface area contributed by atoms with Crippen molar-refractivity contribution in [2.24, 2.45) is 0 Å². The first kappa shape index (κ1) is 10.6. The number of aryl methyl sites for hydroxylation is 3. The summed E-state index contributed by atoms with van der Waals surface area (Å²) in [6.07, 6.45) is 3.48. The summed E-state index contributed by atoms with van der Waals surface area (Å²) in [7, 11) is 0. The minimum Gasteiger partial charge on any atom is -0.127 e. The normalized spacial score (nSPS) is 10.4. The van der Waals surface area contributed by atoms with Crippen molar-refractivity contribution in [1.29, 1.82) is 0 Å². The molecule has 0 aliphatic carbocycles. The van der Waals surface area contributed by atoms with Crippen LogP contribution in [0.25, 0.3) is 0 Å². The smallest absolute Gasteiger partial charge is 0.0223 e. The monoisotopic (exact) mass is 196 g/mol. The standard InChI is InChI=1S/C12H17Cl/c1-10-7-11(2)9-12(8-10)5-3-4-6-13/h7-9H,3-6H2,1-2H3. The first-order valence-electron chi connectivity index (χ1n) is 4.85. The average molecular weight is 197 g/mol. The molecule has 0 bridgehead atoms. The van der Waals surface area contributed by atoms with Crippen LogP contribution < -0.4 is 0 Å². The molecule has 0 aromatic heterocycles. The van der Waals surface area contributed by atoms with Crippen molar-refractivity contribution in [3.05, 3.63) is 34.9 Å². The molecule has 0 amide bonds. The number of rotatable bonds is 4. The van der Waals surface area contributed by atoms with Crippen LogP contribution in [0.1, 0.15) is 29.5 Å². The molecule has 1 rings (SSSR count). The van der Waals surface area contributed by atoms with E-state index >= 15 is 0 Å². The van der Waals surface area contributed by atoms with Crippen molar-refractivity contribution in [2.75, 3.05) is 5.88 Å². The lowest BCUT2D eigenvalue weighted by atomic mass is 10.0. The van der Waals surface area contributed by atoms with Gasteiger partial charge in [-0.05, 0) is 38.7 Å². The van der Waals surface area contributed by atoms with Crippen molar-refractivity contribution in [3.63, 3.8) is 0 Å². The molecule has 0 unspecified atom stereocenters. The van der Waals surface area contributed by atoms with E-state index in [-0.39, 0.29) is 0 Å². The molecule has 0 fully saturated rings. The fourth-order valence-corrected chi connectivity index (χ4v) is 1.83. The van der Waals surface area contributed by atoms with E-state index in [0.29, 0.717) is 0 Å². The summed E-state index contributed by atoms with van der Waals surface area (Å²) < 4.78 is 0. The van der Waals surface area contributed by atoms with Gasteiger partial charge in [-0.25, -0.2) is 0 Å². The van der Waals surface area contributed by atoms with E-state index in [4.69, 9.17) is 11.6 Å². The molecule has 0 saturated heterocycles. The number of hydrogen-bond donors (Lipinski definition) is 0. The first-order valence-corrected chi connectivity index (χ1v) is 5.39. The van der Waals surface area contributed by atoms with Crippen molar-refractivity contribution in [3.8, 4) is 0 Å². The fraction of sp³-hybridized carbons (Fsp3) is 0.500. The van der Waals surface area contributed by atoms with Gasteiger partial charge >= 0.3 is 0 Å². The van der Waals surface area contributed by atoms with Crippen LogP contribution in [0.5, 0.6) is 0 Å². The maximum Gasteiger partial charge on any atom is 0.0223 e. The van der Waals surface area contributed by atoms with Gasteiger partial charge < -0.3 is 0 Å². The molecule has 0 N–H and O–H groups in total. The summed E-state index contributed by atoms with van der Waals surface area (Å²) in [6.45, 7) is 4.30. The molecule has 0 saturated carbocycles. The minimum absolute atomic E-state index is 0.783. The molecular formula is C12H17Cl. The Bertz CT molecular complexity index is 246. The number of unbranched alkanes of at least 4 members (excludes halogenated alkanes) is 1. The second-order valence-corrected chi connectivity index (χ2v) is 4.02. The summed E-state index contributed by atoms with van der Waals surface area (Å²) in [5.74, 6) is 0.783. The van der Waals surface area contributed by atoms with Crippen molar-refractivity contribution < 1.29 is 0 Å². The second kappa shape index (κ2) is 5.29. The predicted molar refractivity (Wildman–Crippen MR) is 59.6 cm³/mol. The largest absolute Gasteiger partial charge is 0.127 e. The molecule has 0 radical (unpaired) electrons. The quantitative estimate of drug-likeness (QED) is 0.507. The zero-order valence-electron chi connectivity index (χ0n) is 8.44. The van der Waals surface area contributed by atoms with Crippen LogP contribution in [0.3, 0.4) is 0 Å². The summed E-state index contributed by atoms with van der Waals surface area (Å²) in [5, 5.41) is 0. The number of alkyl halides is 1. The molecule has 1 aromatic rings. The molecule has 13 heavy (non-hydrogen) atoms. The van der Waals surface area contributed by atoms with Crippen LogP contribution in [-0.2, 0) is 6.42 Å². The van der Waals surface area contributed by atoms with E-state index < -0.39 is 0 Å². The summed E-state index contributed by atoms with van der Waals surface area (Å²) in [4.78, 5) is 0. The minimum atomic E-state index is 0.783. The van der Waals surface area contributed by atoms with Crippen molar-refractivity contribution >= 4 is 11.6 Å². The zero-order chi connectivity index (χ0) is 9.68. The van der Waals surface area contributed by atoms with Crippen LogP contribution in [0.4, 0.5) is 0 Å². The number of hydrogen-bond acceptors (Lipinski definition) is 0. The molecule has 72 valence electrons. The van der Waals surface area contributed by atoms with E-state index in [2.05, 4.69) is 32.0 Å². The molecular weight excluding hydrogens is 180 g/mol. The Labute approximate surface area is 85.9 Å². The molecule has 0 spiro atoms. The van der Waals surface area contributed by atoms with Crippen molar-refractivity contribution in [2.45, 2.75) is 33.1 Å². The molecule has 0 atom stereocenters. The Kier molecular flexibility index (Phi) is 4.31. The van der Waals surface area contributed by atoms with Gasteiger partial charge in [-0.3, -0.25) is 0 Å². The lowest BCUT2D eigenvalue weighted by Gasteiger charge is -2.03. The highest BCUT2D eigenvalue weighted by atomic mass is 35.5. The van der Waals surface area contributed by atoms with Crippen LogP contribution in [0.15, 0.2) is 18.2 Å². The molecule has 0 nitrogen and oxygen atoms in total. The lowest BCUT2D eigenvalue weighted by molar-refractivity contribution is 0.798. The van der Waals surface area contributed by atoms with Crippen LogP contribution in [0.2, 0.25) is 0 Å². The van der Waals surface area contributed by atoms with Crippen molar-refractivity contribution in [1.82, 2.24) is 0 Å². The molecule has 0 aliphatic heterocycles. The first-order chi connectivity index (χ1) is 6.22. The topological polar surface area (TPSA) is 0 Å². The Balaban J connectivity index is 2.56. The van der Waals surface area contributed by atoms with Gasteiger partial charge in [0.05, 0.1) is 0 Å². The van der Waals surface area contributed by atoms with Crippen LogP contribution >= 0.6 is 11.6 Å². The van der Waals surface area contributed by atoms with E-state index in [9.17, 15) is 0 Å². The van der Waals surface area contributed by atoms with Gasteiger partial charge in [0.15, 0.2) is 0 Å². The maximum atomic E-state index is 5.63. The Morgan fingerprint density at radius 1 is 1.00 bits per heavy atom. The highest BCUT2D eigenvalue weighted by molar-refractivity contribution is 6.17. The lowest BCUT2D eigenvalue weighted by Crippen LogP contribution is -1.89. The third kappa shape index (κ3) is 3.82. The average Bonchev–Trinajstić information content (AvgIpc) is 2.03. The number of halogens is 1. The third-order valence-electron chi connectivity index (χ3n) is 2.13. The van der Waals surface area contributed by atoms with Gasteiger partial charge in [-0.2, -0.15) is 0 Å². The van der Waals surface area contributed by atoms with E-state index in [0.717, 1.165) is 18.7 Å². The third-order valence-corrected chi connectivity index (χ3v) is 2.40. The SMILES string of the molecule is Cc1cc(C)cc(CCCCCl)c1. The van der Waals surface area contributed by atoms with Gasteiger partial charge in [-0.15, -0.1) is 11.6 Å². The Hall–Kier alpha value is -0.490. The summed E-state index contributed by atoms with van der Waals surface area (Å²) in [6, 6.07) is 6.74. The zero-order valence-corrected chi connectivity index (χ0v) is 9.19. The maximum absolute atomic E-state index is 5.63. The van der Waals surface area contributed by atoms with Gasteiger partial charge in [-0.1, -0.05) is 29.3 Å². The fourth-order valence-electron chi connectivity index (χ4n) is 1.64. The van der Waals surface area contributed by atoms with Gasteiger partial charge in [0.2, 0.25) is 0 Å². The van der Waals surface area contributed by atoms with E-state index in [1.54, 1.807) is 0 Å². The highest BCUT2D eigenvalue weighted by Crippen LogP contribution is 2.11. The summed E-state index contributed by atoms with van der Waals surface area (Å²) >= 11 is 5.63. The Morgan fingerprint density at radius 2 is 1.62 bits per heavy atom. The number of benzene rings is 1.